The van der Waals surface area contributed by atoms with Gasteiger partial charge in [0.2, 0.25) is 0 Å². The summed E-state index contributed by atoms with van der Waals surface area (Å²) in [5.41, 5.74) is 2.89. The fraction of sp³-hybridized carbons (Fsp3) is 0.333. The van der Waals surface area contributed by atoms with E-state index >= 15 is 0 Å². The van der Waals surface area contributed by atoms with Gasteiger partial charge in [-0.15, -0.1) is 12.4 Å². The predicted molar refractivity (Wildman–Crippen MR) is 79.0 cm³/mol. The second-order valence-electron chi connectivity index (χ2n) is 4.47. The molecule has 0 aliphatic carbocycles. The van der Waals surface area contributed by atoms with E-state index in [4.69, 9.17) is 0 Å². The Morgan fingerprint density at radius 3 is 2.58 bits per heavy atom. The van der Waals surface area contributed by atoms with Crippen molar-refractivity contribution < 1.29 is 4.79 Å². The molecule has 0 aliphatic heterocycles. The maximum absolute atomic E-state index is 12.0. The van der Waals surface area contributed by atoms with E-state index in [1.165, 1.54) is 0 Å². The number of aryl methyl sites for hydroxylation is 2. The second kappa shape index (κ2) is 7.10. The highest BCUT2D eigenvalue weighted by Crippen LogP contribution is 2.10. The standard InChI is InChI=1S/C15H18N2O.ClH/c1-3-7-13-11(2)16-15(17-13)10-14(18)12-8-5-4-6-9-12;/h4-6,8-9H,3,7,10H2,1-2H3,(H,16,17);1H. The monoisotopic (exact) mass is 278 g/mol. The molecule has 2 rings (SSSR count). The number of Topliss-reactive ketones (excluding diaryl/α,β-unsaturated/α-hetero) is 1. The predicted octanol–water partition coefficient (Wildman–Crippen LogP) is 3.52. The summed E-state index contributed by atoms with van der Waals surface area (Å²) < 4.78 is 0. The summed E-state index contributed by atoms with van der Waals surface area (Å²) in [6, 6.07) is 9.34. The Morgan fingerprint density at radius 2 is 1.95 bits per heavy atom. The lowest BCUT2D eigenvalue weighted by molar-refractivity contribution is 0.0991. The van der Waals surface area contributed by atoms with Crippen molar-refractivity contribution in [2.45, 2.75) is 33.1 Å². The summed E-state index contributed by atoms with van der Waals surface area (Å²) in [6.45, 7) is 4.14. The molecule has 1 heterocycles. The molecule has 19 heavy (non-hydrogen) atoms. The first-order chi connectivity index (χ1) is 8.70. The third-order valence-electron chi connectivity index (χ3n) is 2.95. The van der Waals surface area contributed by atoms with Crippen LogP contribution in [-0.4, -0.2) is 15.8 Å². The highest BCUT2D eigenvalue weighted by atomic mass is 35.5. The molecule has 0 bridgehead atoms. The molecule has 0 aliphatic rings. The molecule has 0 fully saturated rings. The highest BCUT2D eigenvalue weighted by molar-refractivity contribution is 5.97. The minimum absolute atomic E-state index is 0. The number of benzene rings is 1. The van der Waals surface area contributed by atoms with Crippen LogP contribution in [0.25, 0.3) is 0 Å². The fourth-order valence-electron chi connectivity index (χ4n) is 2.01. The van der Waals surface area contributed by atoms with Crippen molar-refractivity contribution in [1.29, 1.82) is 0 Å². The van der Waals surface area contributed by atoms with Crippen LogP contribution in [0, 0.1) is 6.92 Å². The van der Waals surface area contributed by atoms with Crippen LogP contribution < -0.4 is 0 Å². The molecule has 102 valence electrons. The molecule has 0 saturated carbocycles. The summed E-state index contributed by atoms with van der Waals surface area (Å²) in [4.78, 5) is 19.7. The Morgan fingerprint density at radius 1 is 1.26 bits per heavy atom. The summed E-state index contributed by atoms with van der Waals surface area (Å²) >= 11 is 0. The lowest BCUT2D eigenvalue weighted by atomic mass is 10.1. The third kappa shape index (κ3) is 3.93. The molecule has 0 atom stereocenters. The van der Waals surface area contributed by atoms with Gasteiger partial charge in [-0.1, -0.05) is 43.7 Å². The average molecular weight is 279 g/mol. The minimum atomic E-state index is 0. The number of carbonyl (C=O) groups excluding carboxylic acids is 1. The molecule has 1 aromatic carbocycles. The van der Waals surface area contributed by atoms with E-state index in [0.29, 0.717) is 6.42 Å². The number of ketones is 1. The number of carbonyl (C=O) groups is 1. The number of rotatable bonds is 5. The van der Waals surface area contributed by atoms with Crippen molar-refractivity contribution in [3.05, 3.63) is 53.1 Å². The van der Waals surface area contributed by atoms with Gasteiger partial charge >= 0.3 is 0 Å². The van der Waals surface area contributed by atoms with Gasteiger partial charge in [0, 0.05) is 11.3 Å². The van der Waals surface area contributed by atoms with Crippen LogP contribution in [0.1, 0.15) is 40.9 Å². The van der Waals surface area contributed by atoms with Crippen molar-refractivity contribution >= 4 is 18.2 Å². The van der Waals surface area contributed by atoms with Gasteiger partial charge in [-0.05, 0) is 13.3 Å². The number of imidazole rings is 1. The van der Waals surface area contributed by atoms with Crippen LogP contribution in [0.4, 0.5) is 0 Å². The molecule has 3 nitrogen and oxygen atoms in total. The van der Waals surface area contributed by atoms with Gasteiger partial charge in [-0.25, -0.2) is 4.98 Å². The van der Waals surface area contributed by atoms with Crippen molar-refractivity contribution in [1.82, 2.24) is 9.97 Å². The van der Waals surface area contributed by atoms with Gasteiger partial charge < -0.3 is 4.98 Å². The molecule has 0 amide bonds. The van der Waals surface area contributed by atoms with E-state index in [1.54, 1.807) is 0 Å². The van der Waals surface area contributed by atoms with E-state index in [9.17, 15) is 4.79 Å². The number of hydrogen-bond donors (Lipinski definition) is 1. The summed E-state index contributed by atoms with van der Waals surface area (Å²) in [5.74, 6) is 0.872. The number of H-pyrrole nitrogens is 1. The van der Waals surface area contributed by atoms with Gasteiger partial charge in [0.05, 0.1) is 12.1 Å². The molecule has 0 radical (unpaired) electrons. The number of aromatic nitrogens is 2. The van der Waals surface area contributed by atoms with Crippen molar-refractivity contribution in [3.8, 4) is 0 Å². The normalized spacial score (nSPS) is 10.0. The minimum Gasteiger partial charge on any atom is -0.345 e. The van der Waals surface area contributed by atoms with Crippen molar-refractivity contribution in [2.75, 3.05) is 0 Å². The number of aromatic amines is 1. The summed E-state index contributed by atoms with van der Waals surface area (Å²) in [6.07, 6.45) is 2.37. The zero-order valence-electron chi connectivity index (χ0n) is 11.3. The van der Waals surface area contributed by atoms with E-state index in [-0.39, 0.29) is 18.2 Å². The van der Waals surface area contributed by atoms with Crippen LogP contribution in [-0.2, 0) is 12.8 Å². The SMILES string of the molecule is CCCc1nc(CC(=O)c2ccccc2)[nH]c1C.Cl. The lowest BCUT2D eigenvalue weighted by Crippen LogP contribution is -2.04. The Labute approximate surface area is 119 Å². The van der Waals surface area contributed by atoms with Crippen LogP contribution in [0.2, 0.25) is 0 Å². The van der Waals surface area contributed by atoms with E-state index < -0.39 is 0 Å². The molecule has 0 spiro atoms. The topological polar surface area (TPSA) is 45.8 Å². The molecule has 1 aromatic heterocycles. The summed E-state index contributed by atoms with van der Waals surface area (Å²) in [5, 5.41) is 0. The highest BCUT2D eigenvalue weighted by Gasteiger charge is 2.11. The average Bonchev–Trinajstić information content (AvgIpc) is 2.71. The first kappa shape index (κ1) is 15.4. The van der Waals surface area contributed by atoms with Crippen molar-refractivity contribution in [3.63, 3.8) is 0 Å². The Balaban J connectivity index is 0.00000180. The van der Waals surface area contributed by atoms with Gasteiger partial charge in [0.25, 0.3) is 0 Å². The van der Waals surface area contributed by atoms with Crippen LogP contribution in [0.3, 0.4) is 0 Å². The first-order valence-corrected chi connectivity index (χ1v) is 6.33. The molecular formula is C15H19ClN2O. The molecule has 4 heteroatoms. The van der Waals surface area contributed by atoms with Gasteiger partial charge in [0.15, 0.2) is 5.78 Å². The quantitative estimate of drug-likeness (QED) is 0.851. The lowest BCUT2D eigenvalue weighted by Gasteiger charge is -1.97. The summed E-state index contributed by atoms with van der Waals surface area (Å²) in [7, 11) is 0. The van der Waals surface area contributed by atoms with Gasteiger partial charge in [-0.3, -0.25) is 4.79 Å². The largest absolute Gasteiger partial charge is 0.345 e. The van der Waals surface area contributed by atoms with E-state index in [1.807, 2.05) is 37.3 Å². The van der Waals surface area contributed by atoms with E-state index in [0.717, 1.165) is 35.6 Å². The maximum atomic E-state index is 12.0. The van der Waals surface area contributed by atoms with E-state index in [2.05, 4.69) is 16.9 Å². The number of halogens is 1. The molecule has 0 unspecified atom stereocenters. The van der Waals surface area contributed by atoms with Crippen LogP contribution >= 0.6 is 12.4 Å². The maximum Gasteiger partial charge on any atom is 0.170 e. The van der Waals surface area contributed by atoms with Crippen LogP contribution in [0.15, 0.2) is 30.3 Å². The van der Waals surface area contributed by atoms with Gasteiger partial charge in [-0.2, -0.15) is 0 Å². The number of hydrogen-bond acceptors (Lipinski definition) is 2. The zero-order chi connectivity index (χ0) is 13.0. The van der Waals surface area contributed by atoms with Gasteiger partial charge in [0.1, 0.15) is 5.82 Å². The van der Waals surface area contributed by atoms with Crippen LogP contribution in [0.5, 0.6) is 0 Å². The molecular weight excluding hydrogens is 260 g/mol. The number of nitrogens with zero attached hydrogens (tertiary/aromatic N) is 1. The smallest absolute Gasteiger partial charge is 0.170 e. The van der Waals surface area contributed by atoms with Crippen molar-refractivity contribution in [2.24, 2.45) is 0 Å². The molecule has 1 N–H and O–H groups in total. The Bertz CT molecular complexity index is 534. The first-order valence-electron chi connectivity index (χ1n) is 6.33. The molecule has 0 saturated heterocycles. The zero-order valence-corrected chi connectivity index (χ0v) is 12.1. The Hall–Kier alpha value is -1.61. The second-order valence-corrected chi connectivity index (χ2v) is 4.47. The molecule has 2 aromatic rings. The third-order valence-corrected chi connectivity index (χ3v) is 2.95. The number of nitrogens with one attached hydrogen (secondary N) is 1. The fourth-order valence-corrected chi connectivity index (χ4v) is 2.01. The Kier molecular flexibility index (Phi) is 5.77.